The van der Waals surface area contributed by atoms with Gasteiger partial charge in [-0.2, -0.15) is 5.26 Å². The van der Waals surface area contributed by atoms with Crippen LogP contribution < -0.4 is 21.3 Å². The zero-order valence-corrected chi connectivity index (χ0v) is 19.3. The van der Waals surface area contributed by atoms with Crippen LogP contribution in [0.2, 0.25) is 0 Å². The van der Waals surface area contributed by atoms with E-state index in [0.29, 0.717) is 22.7 Å². The number of pyridine rings is 1. The number of hydrogen-bond donors (Lipinski definition) is 4. The number of carbonyl (C=O) groups is 1. The highest BCUT2D eigenvalue weighted by atomic mass is 16.3. The van der Waals surface area contributed by atoms with Crippen LogP contribution in [0.1, 0.15) is 18.4 Å². The highest BCUT2D eigenvalue weighted by molar-refractivity contribution is 5.87. The first-order chi connectivity index (χ1) is 16.4. The lowest BCUT2D eigenvalue weighted by atomic mass is 9.97. The third kappa shape index (κ3) is 5.04. The van der Waals surface area contributed by atoms with Gasteiger partial charge in [0.25, 0.3) is 0 Å². The molecule has 1 amide bonds. The first-order valence-corrected chi connectivity index (χ1v) is 11.2. The van der Waals surface area contributed by atoms with Crippen molar-refractivity contribution in [1.29, 1.82) is 5.26 Å². The van der Waals surface area contributed by atoms with Crippen molar-refractivity contribution in [1.82, 2.24) is 10.3 Å². The molecule has 0 unspecified atom stereocenters. The third-order valence-corrected chi connectivity index (χ3v) is 5.85. The molecular formula is C26H28N6O2. The van der Waals surface area contributed by atoms with Gasteiger partial charge >= 0.3 is 0 Å². The van der Waals surface area contributed by atoms with Gasteiger partial charge in [-0.25, -0.2) is 4.98 Å². The Morgan fingerprint density at radius 3 is 2.65 bits per heavy atom. The van der Waals surface area contributed by atoms with E-state index >= 15 is 0 Å². The van der Waals surface area contributed by atoms with Crippen molar-refractivity contribution in [2.75, 3.05) is 43.1 Å². The number of amides is 1. The van der Waals surface area contributed by atoms with Crippen molar-refractivity contribution in [3.8, 4) is 34.2 Å². The SMILES string of the molecule is CN(C)c1ccc(-c2cc(-c3ccccc3O)nc(N)c2C#N)cc1NCC(=O)NCC1CC1. The second-order valence-corrected chi connectivity index (χ2v) is 8.67. The number of aromatic hydroxyl groups is 1. The second kappa shape index (κ2) is 9.71. The molecule has 0 aliphatic heterocycles. The Bertz CT molecular complexity index is 1260. The van der Waals surface area contributed by atoms with Crippen molar-refractivity contribution in [2.24, 2.45) is 5.92 Å². The largest absolute Gasteiger partial charge is 0.507 e. The number of nitrogens with two attached hydrogens (primary N) is 1. The highest BCUT2D eigenvalue weighted by Gasteiger charge is 2.21. The van der Waals surface area contributed by atoms with Gasteiger partial charge < -0.3 is 26.4 Å². The van der Waals surface area contributed by atoms with Crippen LogP contribution >= 0.6 is 0 Å². The molecular weight excluding hydrogens is 428 g/mol. The molecule has 0 saturated heterocycles. The van der Waals surface area contributed by atoms with E-state index in [1.807, 2.05) is 37.2 Å². The lowest BCUT2D eigenvalue weighted by molar-refractivity contribution is -0.119. The lowest BCUT2D eigenvalue weighted by Crippen LogP contribution is -2.31. The number of hydrogen-bond acceptors (Lipinski definition) is 7. The summed E-state index contributed by atoms with van der Waals surface area (Å²) >= 11 is 0. The van der Waals surface area contributed by atoms with Gasteiger partial charge in [-0.15, -0.1) is 0 Å². The highest BCUT2D eigenvalue weighted by Crippen LogP contribution is 2.37. The number of aromatic nitrogens is 1. The first-order valence-electron chi connectivity index (χ1n) is 11.2. The maximum absolute atomic E-state index is 12.3. The van der Waals surface area contributed by atoms with Crippen LogP contribution in [0, 0.1) is 17.2 Å². The minimum Gasteiger partial charge on any atom is -0.507 e. The molecule has 8 heteroatoms. The van der Waals surface area contributed by atoms with Crippen molar-refractivity contribution in [3.63, 3.8) is 0 Å². The molecule has 0 spiro atoms. The smallest absolute Gasteiger partial charge is 0.239 e. The number of nitrogens with one attached hydrogen (secondary N) is 2. The summed E-state index contributed by atoms with van der Waals surface area (Å²) in [5, 5.41) is 26.3. The minimum absolute atomic E-state index is 0.0604. The molecule has 1 aromatic heterocycles. The van der Waals surface area contributed by atoms with E-state index in [9.17, 15) is 15.2 Å². The summed E-state index contributed by atoms with van der Waals surface area (Å²) in [5.41, 5.74) is 10.4. The maximum Gasteiger partial charge on any atom is 0.239 e. The maximum atomic E-state index is 12.3. The molecule has 0 atom stereocenters. The summed E-state index contributed by atoms with van der Waals surface area (Å²) in [6.07, 6.45) is 2.36. The van der Waals surface area contributed by atoms with Gasteiger partial charge in [-0.3, -0.25) is 4.79 Å². The van der Waals surface area contributed by atoms with Gasteiger partial charge in [0, 0.05) is 31.8 Å². The molecule has 2 aromatic carbocycles. The fraction of sp³-hybridized carbons (Fsp3) is 0.269. The van der Waals surface area contributed by atoms with E-state index in [0.717, 1.165) is 23.5 Å². The van der Waals surface area contributed by atoms with E-state index in [1.54, 1.807) is 30.3 Å². The van der Waals surface area contributed by atoms with Crippen molar-refractivity contribution < 1.29 is 9.90 Å². The van der Waals surface area contributed by atoms with E-state index < -0.39 is 0 Å². The van der Waals surface area contributed by atoms with Gasteiger partial charge in [-0.1, -0.05) is 18.2 Å². The predicted molar refractivity (Wildman–Crippen MR) is 134 cm³/mol. The van der Waals surface area contributed by atoms with E-state index in [-0.39, 0.29) is 29.6 Å². The standard InChI is InChI=1S/C26H28N6O2/c1-32(2)23-10-9-17(11-22(23)29-15-25(34)30-14-16-7-8-16)19-12-21(31-26(28)20(19)13-27)18-5-3-4-6-24(18)33/h3-6,9-12,16,29,33H,7-8,14-15H2,1-2H3,(H2,28,31)(H,30,34). The van der Waals surface area contributed by atoms with Gasteiger partial charge in [0.15, 0.2) is 0 Å². The van der Waals surface area contributed by atoms with Gasteiger partial charge in [0.05, 0.1) is 23.6 Å². The summed E-state index contributed by atoms with van der Waals surface area (Å²) in [6, 6.07) is 16.5. The van der Waals surface area contributed by atoms with Crippen molar-refractivity contribution in [2.45, 2.75) is 12.8 Å². The Balaban J connectivity index is 1.70. The molecule has 0 radical (unpaired) electrons. The van der Waals surface area contributed by atoms with E-state index in [1.165, 1.54) is 12.8 Å². The summed E-state index contributed by atoms with van der Waals surface area (Å²) in [6.45, 7) is 0.863. The van der Waals surface area contributed by atoms with Gasteiger partial charge in [0.1, 0.15) is 23.2 Å². The summed E-state index contributed by atoms with van der Waals surface area (Å²) in [7, 11) is 3.85. The number of phenols is 1. The fourth-order valence-corrected chi connectivity index (χ4v) is 3.79. The topological polar surface area (TPSA) is 127 Å². The van der Waals surface area contributed by atoms with Crippen LogP contribution in [0.4, 0.5) is 17.2 Å². The zero-order valence-electron chi connectivity index (χ0n) is 19.3. The number of nitrogen functional groups attached to an aromatic ring is 1. The Kier molecular flexibility index (Phi) is 6.55. The number of rotatable bonds is 8. The number of benzene rings is 2. The predicted octanol–water partition coefficient (Wildman–Crippen LogP) is 3.58. The average Bonchev–Trinajstić information content (AvgIpc) is 3.65. The number of nitriles is 1. The fourth-order valence-electron chi connectivity index (χ4n) is 3.79. The van der Waals surface area contributed by atoms with Crippen LogP contribution in [0.5, 0.6) is 5.75 Å². The number of para-hydroxylation sites is 1. The molecule has 5 N–H and O–H groups in total. The Morgan fingerprint density at radius 2 is 1.97 bits per heavy atom. The molecule has 0 bridgehead atoms. The van der Waals surface area contributed by atoms with Crippen LogP contribution in [-0.2, 0) is 4.79 Å². The van der Waals surface area contributed by atoms with Crippen LogP contribution in [0.15, 0.2) is 48.5 Å². The summed E-state index contributed by atoms with van der Waals surface area (Å²) in [5.74, 6) is 0.718. The number of phenolic OH excluding ortho intramolecular Hbond substituents is 1. The molecule has 1 fully saturated rings. The van der Waals surface area contributed by atoms with Gasteiger partial charge in [0.2, 0.25) is 5.91 Å². The molecule has 34 heavy (non-hydrogen) atoms. The van der Waals surface area contributed by atoms with Crippen LogP contribution in [0.25, 0.3) is 22.4 Å². The molecule has 1 aliphatic carbocycles. The number of carbonyl (C=O) groups excluding carboxylic acids is 1. The molecule has 1 saturated carbocycles. The molecule has 1 heterocycles. The lowest BCUT2D eigenvalue weighted by Gasteiger charge is -2.20. The normalized spacial score (nSPS) is 12.6. The van der Waals surface area contributed by atoms with Gasteiger partial charge in [-0.05, 0) is 54.7 Å². The molecule has 8 nitrogen and oxygen atoms in total. The summed E-state index contributed by atoms with van der Waals surface area (Å²) in [4.78, 5) is 18.6. The second-order valence-electron chi connectivity index (χ2n) is 8.67. The minimum atomic E-state index is -0.0604. The third-order valence-electron chi connectivity index (χ3n) is 5.85. The van der Waals surface area contributed by atoms with Crippen molar-refractivity contribution >= 4 is 23.1 Å². The number of anilines is 3. The summed E-state index contributed by atoms with van der Waals surface area (Å²) < 4.78 is 0. The quantitative estimate of drug-likeness (QED) is 0.408. The molecule has 1 aliphatic rings. The Labute approximate surface area is 199 Å². The van der Waals surface area contributed by atoms with Crippen LogP contribution in [0.3, 0.4) is 0 Å². The van der Waals surface area contributed by atoms with Crippen LogP contribution in [-0.4, -0.2) is 43.2 Å². The van der Waals surface area contributed by atoms with E-state index in [4.69, 9.17) is 5.73 Å². The van der Waals surface area contributed by atoms with Crippen molar-refractivity contribution in [3.05, 3.63) is 54.1 Å². The zero-order chi connectivity index (χ0) is 24.2. The monoisotopic (exact) mass is 456 g/mol. The molecule has 3 aromatic rings. The first kappa shape index (κ1) is 22.9. The number of nitrogens with zero attached hydrogens (tertiary/aromatic N) is 3. The Morgan fingerprint density at radius 1 is 1.21 bits per heavy atom. The average molecular weight is 457 g/mol. The molecule has 174 valence electrons. The Hall–Kier alpha value is -4.25. The molecule has 4 rings (SSSR count). The van der Waals surface area contributed by atoms with E-state index in [2.05, 4.69) is 21.7 Å².